The first-order valence-electron chi connectivity index (χ1n) is 10.8. The van der Waals surface area contributed by atoms with E-state index < -0.39 is 17.9 Å². The Morgan fingerprint density at radius 1 is 1.06 bits per heavy atom. The Balaban J connectivity index is 1.52. The van der Waals surface area contributed by atoms with Gasteiger partial charge in [-0.3, -0.25) is 19.7 Å². The first-order chi connectivity index (χ1) is 16.4. The molecule has 6 N–H and O–H groups in total. The van der Waals surface area contributed by atoms with E-state index in [-0.39, 0.29) is 11.1 Å². The second-order valence-corrected chi connectivity index (χ2v) is 8.69. The van der Waals surface area contributed by atoms with Crippen molar-refractivity contribution in [2.45, 2.75) is 31.8 Å². The molecule has 0 bridgehead atoms. The van der Waals surface area contributed by atoms with E-state index in [1.165, 1.54) is 0 Å². The summed E-state index contributed by atoms with van der Waals surface area (Å²) in [5.74, 6) is -1.88. The topological polar surface area (TPSA) is 151 Å². The predicted molar refractivity (Wildman–Crippen MR) is 131 cm³/mol. The highest BCUT2D eigenvalue weighted by molar-refractivity contribution is 8.18. The fourth-order valence-corrected chi connectivity index (χ4v) is 3.92. The Bertz CT molecular complexity index is 1080. The van der Waals surface area contributed by atoms with E-state index in [1.807, 2.05) is 24.3 Å². The van der Waals surface area contributed by atoms with Crippen molar-refractivity contribution >= 4 is 46.5 Å². The highest BCUT2D eigenvalue weighted by Gasteiger charge is 2.24. The Morgan fingerprint density at radius 3 is 2.35 bits per heavy atom. The molecule has 1 fully saturated rings. The van der Waals surface area contributed by atoms with Crippen molar-refractivity contribution in [2.75, 3.05) is 11.9 Å². The number of thioether (sulfide) groups is 1. The van der Waals surface area contributed by atoms with E-state index >= 15 is 0 Å². The molecule has 0 aliphatic carbocycles. The van der Waals surface area contributed by atoms with Crippen LogP contribution in [0.5, 0.6) is 0 Å². The number of carboxylic acids is 1. The van der Waals surface area contributed by atoms with E-state index in [0.717, 1.165) is 28.6 Å². The number of benzene rings is 2. The van der Waals surface area contributed by atoms with Gasteiger partial charge in [0.25, 0.3) is 17.1 Å². The molecule has 34 heavy (non-hydrogen) atoms. The fraction of sp³-hybridized carbons (Fsp3) is 0.250. The number of amides is 3. The van der Waals surface area contributed by atoms with Gasteiger partial charge in [0.2, 0.25) is 0 Å². The molecule has 1 aliphatic heterocycles. The number of imide groups is 1. The van der Waals surface area contributed by atoms with Gasteiger partial charge in [-0.2, -0.15) is 0 Å². The van der Waals surface area contributed by atoms with Gasteiger partial charge in [0.15, 0.2) is 0 Å². The van der Waals surface area contributed by atoms with E-state index in [1.54, 1.807) is 30.3 Å². The largest absolute Gasteiger partial charge is 0.480 e. The number of hydrogen-bond acceptors (Lipinski definition) is 7. The highest BCUT2D eigenvalue weighted by atomic mass is 32.2. The molecule has 9 nitrogen and oxygen atoms in total. The molecule has 2 aromatic rings. The number of nitrogens with two attached hydrogens (primary N) is 1. The molecular weight excluding hydrogens is 456 g/mol. The minimum absolute atomic E-state index is 0.334. The average molecular weight is 483 g/mol. The monoisotopic (exact) mass is 482 g/mol. The molecule has 3 rings (SSSR count). The SMILES string of the molecule is NCCCC[C@H](NC(=O)c1ccc(CNc2ccc(/C=C3\SC(=O)NC3=O)cc2)cc1)C(=O)O. The van der Waals surface area contributed by atoms with Crippen LogP contribution in [0, 0.1) is 0 Å². The zero-order valence-electron chi connectivity index (χ0n) is 18.4. The summed E-state index contributed by atoms with van der Waals surface area (Å²) in [7, 11) is 0. The van der Waals surface area contributed by atoms with Gasteiger partial charge < -0.3 is 21.5 Å². The van der Waals surface area contributed by atoms with Crippen molar-refractivity contribution in [3.63, 3.8) is 0 Å². The summed E-state index contributed by atoms with van der Waals surface area (Å²) in [6, 6.07) is 13.4. The van der Waals surface area contributed by atoms with Crippen molar-refractivity contribution in [1.29, 1.82) is 0 Å². The minimum atomic E-state index is -1.06. The van der Waals surface area contributed by atoms with Crippen LogP contribution in [0.25, 0.3) is 6.08 Å². The summed E-state index contributed by atoms with van der Waals surface area (Å²) >= 11 is 0.876. The average Bonchev–Trinajstić information content (AvgIpc) is 3.14. The van der Waals surface area contributed by atoms with Gasteiger partial charge in [-0.1, -0.05) is 24.3 Å². The van der Waals surface area contributed by atoms with Crippen LogP contribution in [0.2, 0.25) is 0 Å². The number of anilines is 1. The molecule has 178 valence electrons. The number of carbonyl (C=O) groups excluding carboxylic acids is 3. The molecule has 1 saturated heterocycles. The van der Waals surface area contributed by atoms with Crippen LogP contribution < -0.4 is 21.7 Å². The number of nitrogens with one attached hydrogen (secondary N) is 3. The Kier molecular flexibility index (Phi) is 8.83. The Hall–Kier alpha value is -3.63. The summed E-state index contributed by atoms with van der Waals surface area (Å²) in [6.45, 7) is 1.00. The Labute approximate surface area is 201 Å². The van der Waals surface area contributed by atoms with Crippen molar-refractivity contribution in [3.8, 4) is 0 Å². The first kappa shape index (κ1) is 25.0. The van der Waals surface area contributed by atoms with E-state index in [9.17, 15) is 24.3 Å². The highest BCUT2D eigenvalue weighted by Crippen LogP contribution is 2.26. The summed E-state index contributed by atoms with van der Waals surface area (Å²) in [5, 5.41) is 17.0. The maximum Gasteiger partial charge on any atom is 0.326 e. The predicted octanol–water partition coefficient (Wildman–Crippen LogP) is 2.93. The van der Waals surface area contributed by atoms with Crippen LogP contribution >= 0.6 is 11.8 Å². The summed E-state index contributed by atoms with van der Waals surface area (Å²) in [4.78, 5) is 47.0. The first-order valence-corrected chi connectivity index (χ1v) is 11.6. The van der Waals surface area contributed by atoms with Gasteiger partial charge >= 0.3 is 5.97 Å². The molecule has 0 spiro atoms. The van der Waals surface area contributed by atoms with Crippen molar-refractivity contribution in [2.24, 2.45) is 5.73 Å². The third-order valence-electron chi connectivity index (χ3n) is 5.11. The fourth-order valence-electron chi connectivity index (χ4n) is 3.24. The van der Waals surface area contributed by atoms with Crippen LogP contribution in [-0.2, 0) is 16.1 Å². The van der Waals surface area contributed by atoms with Gasteiger partial charge in [0.1, 0.15) is 6.04 Å². The van der Waals surface area contributed by atoms with Gasteiger partial charge in [-0.15, -0.1) is 0 Å². The minimum Gasteiger partial charge on any atom is -0.480 e. The standard InChI is InChI=1S/C24H26N4O5S/c25-12-2-1-3-19(23(31)32)27-21(29)17-8-4-16(5-9-17)14-26-18-10-6-15(7-11-18)13-20-22(30)28-24(33)34-20/h4-11,13,19,26H,1-3,12,14,25H2,(H,27,29)(H,31,32)(H,28,30,33)/b20-13-/t19-/m0/s1. The molecule has 0 unspecified atom stereocenters. The number of hydrogen-bond donors (Lipinski definition) is 5. The quantitative estimate of drug-likeness (QED) is 0.242. The lowest BCUT2D eigenvalue weighted by molar-refractivity contribution is -0.139. The summed E-state index contributed by atoms with van der Waals surface area (Å²) in [5.41, 5.74) is 8.44. The van der Waals surface area contributed by atoms with Gasteiger partial charge in [-0.25, -0.2) is 4.79 Å². The molecule has 0 radical (unpaired) electrons. The third kappa shape index (κ3) is 7.19. The zero-order chi connectivity index (χ0) is 24.5. The number of aliphatic carboxylic acids is 1. The van der Waals surface area contributed by atoms with Gasteiger partial charge in [0.05, 0.1) is 4.91 Å². The molecule has 1 aliphatic rings. The smallest absolute Gasteiger partial charge is 0.326 e. The lowest BCUT2D eigenvalue weighted by Gasteiger charge is -2.14. The number of rotatable bonds is 11. The van der Waals surface area contributed by atoms with E-state index in [2.05, 4.69) is 16.0 Å². The second-order valence-electron chi connectivity index (χ2n) is 7.67. The van der Waals surface area contributed by atoms with Crippen molar-refractivity contribution < 1.29 is 24.3 Å². The molecule has 0 aromatic heterocycles. The van der Waals surface area contributed by atoms with Crippen LogP contribution in [0.4, 0.5) is 10.5 Å². The van der Waals surface area contributed by atoms with Gasteiger partial charge in [0, 0.05) is 17.8 Å². The van der Waals surface area contributed by atoms with Crippen LogP contribution in [-0.4, -0.2) is 40.7 Å². The molecular formula is C24H26N4O5S. The lowest BCUT2D eigenvalue weighted by Crippen LogP contribution is -2.40. The molecule has 10 heteroatoms. The van der Waals surface area contributed by atoms with Crippen molar-refractivity contribution in [1.82, 2.24) is 10.6 Å². The van der Waals surface area contributed by atoms with E-state index in [4.69, 9.17) is 5.73 Å². The number of unbranched alkanes of at least 4 members (excludes halogenated alkanes) is 1. The Morgan fingerprint density at radius 2 is 1.76 bits per heavy atom. The normalized spacial score (nSPS) is 15.1. The zero-order valence-corrected chi connectivity index (χ0v) is 19.2. The number of carboxylic acid groups (broad SMARTS) is 1. The maximum absolute atomic E-state index is 12.4. The molecule has 2 aromatic carbocycles. The summed E-state index contributed by atoms with van der Waals surface area (Å²) in [6.07, 6.45) is 3.33. The lowest BCUT2D eigenvalue weighted by atomic mass is 10.1. The molecule has 1 heterocycles. The maximum atomic E-state index is 12.4. The number of carbonyl (C=O) groups is 4. The van der Waals surface area contributed by atoms with Crippen LogP contribution in [0.1, 0.15) is 40.7 Å². The molecule has 1 atom stereocenters. The molecule has 0 saturated carbocycles. The van der Waals surface area contributed by atoms with E-state index in [0.29, 0.717) is 42.8 Å². The van der Waals surface area contributed by atoms with Crippen LogP contribution in [0.3, 0.4) is 0 Å². The summed E-state index contributed by atoms with van der Waals surface area (Å²) < 4.78 is 0. The van der Waals surface area contributed by atoms with Crippen LogP contribution in [0.15, 0.2) is 53.4 Å². The second kappa shape index (κ2) is 12.0. The molecule has 3 amide bonds. The third-order valence-corrected chi connectivity index (χ3v) is 5.92. The van der Waals surface area contributed by atoms with Gasteiger partial charge in [-0.05, 0) is 79.0 Å². The van der Waals surface area contributed by atoms with Crippen molar-refractivity contribution in [3.05, 3.63) is 70.1 Å².